The van der Waals surface area contributed by atoms with E-state index >= 15 is 0 Å². The van der Waals surface area contributed by atoms with Crippen LogP contribution in [0.4, 0.5) is 10.5 Å². The number of carboxylic acid groups (broad SMARTS) is 1. The fourth-order valence-electron chi connectivity index (χ4n) is 3.54. The molecular formula is C22H27ClN4O5. The van der Waals surface area contributed by atoms with Crippen LogP contribution in [0.5, 0.6) is 5.75 Å². The van der Waals surface area contributed by atoms with Crippen LogP contribution in [0.25, 0.3) is 0 Å². The molecule has 1 aliphatic carbocycles. The quantitative estimate of drug-likeness (QED) is 0.607. The van der Waals surface area contributed by atoms with Crippen LogP contribution < -0.4 is 15.4 Å². The average Bonchev–Trinajstić information content (AvgIpc) is 3.31. The van der Waals surface area contributed by atoms with Crippen molar-refractivity contribution in [2.45, 2.75) is 31.7 Å². The van der Waals surface area contributed by atoms with Gasteiger partial charge in [0.05, 0.1) is 12.2 Å². The van der Waals surface area contributed by atoms with Gasteiger partial charge in [-0.25, -0.2) is 4.79 Å². The van der Waals surface area contributed by atoms with Crippen LogP contribution in [0, 0.1) is 0 Å². The molecule has 3 N–H and O–H groups in total. The van der Waals surface area contributed by atoms with E-state index in [-0.39, 0.29) is 31.5 Å². The molecule has 10 heteroatoms. The van der Waals surface area contributed by atoms with E-state index in [9.17, 15) is 14.7 Å². The van der Waals surface area contributed by atoms with Gasteiger partial charge in [0.2, 0.25) is 6.41 Å². The first-order valence-electron chi connectivity index (χ1n) is 10.1. The second-order valence-electron chi connectivity index (χ2n) is 7.15. The molecule has 3 rings (SSSR count). The SMILES string of the molecule is CN(C(=O)c1cc(Cl)cc(OCCN(C(=O)O)c2ccncc2)c1)C1CCCC1.NC=O. The van der Waals surface area contributed by atoms with E-state index in [0.29, 0.717) is 22.0 Å². The summed E-state index contributed by atoms with van der Waals surface area (Å²) < 4.78 is 5.71. The lowest BCUT2D eigenvalue weighted by molar-refractivity contribution is -0.106. The Labute approximate surface area is 191 Å². The van der Waals surface area contributed by atoms with Crippen molar-refractivity contribution in [1.29, 1.82) is 0 Å². The van der Waals surface area contributed by atoms with Gasteiger partial charge in [0.15, 0.2) is 0 Å². The number of ether oxygens (including phenoxy) is 1. The van der Waals surface area contributed by atoms with Gasteiger partial charge < -0.3 is 20.5 Å². The van der Waals surface area contributed by atoms with Crippen molar-refractivity contribution in [2.24, 2.45) is 5.73 Å². The molecule has 0 atom stereocenters. The molecule has 1 aromatic carbocycles. The maximum Gasteiger partial charge on any atom is 0.411 e. The minimum absolute atomic E-state index is 0.0896. The molecule has 32 heavy (non-hydrogen) atoms. The topological polar surface area (TPSA) is 126 Å². The first-order chi connectivity index (χ1) is 15.4. The zero-order valence-electron chi connectivity index (χ0n) is 17.8. The van der Waals surface area contributed by atoms with Crippen molar-refractivity contribution in [3.05, 3.63) is 53.3 Å². The number of rotatable bonds is 7. The molecule has 0 spiro atoms. The van der Waals surface area contributed by atoms with Crippen LogP contribution >= 0.6 is 11.6 Å². The summed E-state index contributed by atoms with van der Waals surface area (Å²) >= 11 is 6.18. The number of carbonyl (C=O) groups excluding carboxylic acids is 2. The van der Waals surface area contributed by atoms with Crippen LogP contribution in [0.3, 0.4) is 0 Å². The number of anilines is 1. The molecule has 2 aromatic rings. The van der Waals surface area contributed by atoms with E-state index in [1.165, 1.54) is 17.3 Å². The third kappa shape index (κ3) is 7.12. The third-order valence-electron chi connectivity index (χ3n) is 5.10. The van der Waals surface area contributed by atoms with E-state index in [1.807, 2.05) is 7.05 Å². The molecule has 0 bridgehead atoms. The predicted octanol–water partition coefficient (Wildman–Crippen LogP) is 3.41. The minimum Gasteiger partial charge on any atom is -0.492 e. The van der Waals surface area contributed by atoms with Gasteiger partial charge in [-0.3, -0.25) is 19.5 Å². The number of amides is 3. The summed E-state index contributed by atoms with van der Waals surface area (Å²) in [6.07, 6.45) is 6.55. The number of hydrogen-bond donors (Lipinski definition) is 2. The van der Waals surface area contributed by atoms with E-state index < -0.39 is 6.09 Å². The summed E-state index contributed by atoms with van der Waals surface area (Å²) in [6.45, 7) is 0.234. The Kier molecular flexibility index (Phi) is 9.75. The molecule has 172 valence electrons. The molecule has 0 unspecified atom stereocenters. The highest BCUT2D eigenvalue weighted by atomic mass is 35.5. The van der Waals surface area contributed by atoms with Crippen molar-refractivity contribution in [3.8, 4) is 5.75 Å². The van der Waals surface area contributed by atoms with Gasteiger partial charge in [-0.15, -0.1) is 0 Å². The van der Waals surface area contributed by atoms with Crippen molar-refractivity contribution in [1.82, 2.24) is 9.88 Å². The lowest BCUT2D eigenvalue weighted by atomic mass is 10.1. The second-order valence-corrected chi connectivity index (χ2v) is 7.59. The number of carbonyl (C=O) groups is 3. The molecule has 1 aromatic heterocycles. The van der Waals surface area contributed by atoms with Gasteiger partial charge in [-0.2, -0.15) is 0 Å². The van der Waals surface area contributed by atoms with Crippen LogP contribution in [-0.2, 0) is 4.79 Å². The van der Waals surface area contributed by atoms with Crippen molar-refractivity contribution >= 4 is 35.7 Å². The number of halogens is 1. The Morgan fingerprint density at radius 1 is 1.25 bits per heavy atom. The van der Waals surface area contributed by atoms with Gasteiger partial charge >= 0.3 is 6.09 Å². The zero-order valence-corrected chi connectivity index (χ0v) is 18.6. The Hall–Kier alpha value is -3.33. The first-order valence-corrected chi connectivity index (χ1v) is 10.5. The number of hydrogen-bond acceptors (Lipinski definition) is 5. The molecule has 1 fully saturated rings. The summed E-state index contributed by atoms with van der Waals surface area (Å²) in [5.41, 5.74) is 5.14. The lowest BCUT2D eigenvalue weighted by Crippen LogP contribution is -2.35. The first kappa shape index (κ1) is 24.9. The van der Waals surface area contributed by atoms with Crippen LogP contribution in [-0.4, -0.2) is 59.6 Å². The van der Waals surface area contributed by atoms with Crippen LogP contribution in [0.1, 0.15) is 36.0 Å². The van der Waals surface area contributed by atoms with Crippen LogP contribution in [0.2, 0.25) is 5.02 Å². The number of benzene rings is 1. The Morgan fingerprint density at radius 2 is 1.88 bits per heavy atom. The molecule has 9 nitrogen and oxygen atoms in total. The molecule has 1 aliphatic rings. The van der Waals surface area contributed by atoms with Crippen molar-refractivity contribution in [3.63, 3.8) is 0 Å². The van der Waals surface area contributed by atoms with E-state index in [2.05, 4.69) is 10.7 Å². The maximum atomic E-state index is 12.8. The van der Waals surface area contributed by atoms with Gasteiger partial charge in [0.25, 0.3) is 5.91 Å². The zero-order chi connectivity index (χ0) is 23.5. The minimum atomic E-state index is -1.08. The van der Waals surface area contributed by atoms with E-state index in [4.69, 9.17) is 21.1 Å². The smallest absolute Gasteiger partial charge is 0.411 e. The van der Waals surface area contributed by atoms with E-state index in [1.54, 1.807) is 35.2 Å². The highest BCUT2D eigenvalue weighted by Crippen LogP contribution is 2.26. The summed E-state index contributed by atoms with van der Waals surface area (Å²) in [5.74, 6) is 0.342. The lowest BCUT2D eigenvalue weighted by Gasteiger charge is -2.24. The third-order valence-corrected chi connectivity index (χ3v) is 5.32. The second kappa shape index (κ2) is 12.5. The normalized spacial score (nSPS) is 12.9. The average molecular weight is 463 g/mol. The van der Waals surface area contributed by atoms with E-state index in [0.717, 1.165) is 25.7 Å². The van der Waals surface area contributed by atoms with Crippen molar-refractivity contribution in [2.75, 3.05) is 25.1 Å². The molecule has 1 saturated carbocycles. The maximum absolute atomic E-state index is 12.8. The molecular weight excluding hydrogens is 436 g/mol. The Morgan fingerprint density at radius 3 is 2.47 bits per heavy atom. The van der Waals surface area contributed by atoms with Gasteiger partial charge in [0, 0.05) is 36.1 Å². The summed E-state index contributed by atoms with van der Waals surface area (Å²) in [4.78, 5) is 39.8. The largest absolute Gasteiger partial charge is 0.492 e. The molecule has 0 radical (unpaired) electrons. The predicted molar refractivity (Wildman–Crippen MR) is 121 cm³/mol. The fourth-order valence-corrected chi connectivity index (χ4v) is 3.77. The molecule has 0 aliphatic heterocycles. The molecule has 0 saturated heterocycles. The highest BCUT2D eigenvalue weighted by molar-refractivity contribution is 6.31. The standard InChI is InChI=1S/C21H24ClN3O4.CH3NO/c1-24(17-4-2-3-5-17)20(26)15-12-16(22)14-19(13-15)29-11-10-25(21(27)28)18-6-8-23-9-7-18;2-1-3/h6-9,12-14,17H,2-5,10-11H2,1H3,(H,27,28);1H,(H2,2,3). The van der Waals surface area contributed by atoms with Gasteiger partial charge in [-0.05, 0) is 43.2 Å². The highest BCUT2D eigenvalue weighted by Gasteiger charge is 2.24. The number of nitrogens with zero attached hydrogens (tertiary/aromatic N) is 3. The number of primary amides is 1. The summed E-state index contributed by atoms with van der Waals surface area (Å²) in [7, 11) is 1.82. The van der Waals surface area contributed by atoms with Gasteiger partial charge in [0.1, 0.15) is 12.4 Å². The number of pyridine rings is 1. The number of aromatic nitrogens is 1. The Balaban J connectivity index is 0.00000114. The number of nitrogens with two attached hydrogens (primary N) is 1. The van der Waals surface area contributed by atoms with Crippen molar-refractivity contribution < 1.29 is 24.2 Å². The molecule has 3 amide bonds. The fraction of sp³-hybridized carbons (Fsp3) is 0.364. The summed E-state index contributed by atoms with van der Waals surface area (Å²) in [5, 5.41) is 9.83. The molecule has 1 heterocycles. The van der Waals surface area contributed by atoms with Gasteiger partial charge in [-0.1, -0.05) is 24.4 Å². The monoisotopic (exact) mass is 462 g/mol. The summed E-state index contributed by atoms with van der Waals surface area (Å²) in [6, 6.07) is 8.38. The van der Waals surface area contributed by atoms with Crippen LogP contribution in [0.15, 0.2) is 42.7 Å². The Bertz CT molecular complexity index is 906.